The summed E-state index contributed by atoms with van der Waals surface area (Å²) in [5.74, 6) is 0. The molecule has 2 heterocycles. The van der Waals surface area contributed by atoms with E-state index in [0.29, 0.717) is 12.1 Å². The third kappa shape index (κ3) is 4.05. The molecule has 1 saturated heterocycles. The van der Waals surface area contributed by atoms with Gasteiger partial charge in [0.05, 0.1) is 6.10 Å². The quantitative estimate of drug-likeness (QED) is 0.882. The minimum atomic E-state index is 0.424. The van der Waals surface area contributed by atoms with Crippen LogP contribution in [-0.4, -0.2) is 19.3 Å². The molecule has 1 aliphatic rings. The highest BCUT2D eigenvalue weighted by Gasteiger charge is 2.15. The lowest BCUT2D eigenvalue weighted by atomic mass is 10.1. The summed E-state index contributed by atoms with van der Waals surface area (Å²) in [5, 5.41) is 5.70. The molecule has 2 unspecified atom stereocenters. The van der Waals surface area contributed by atoms with Crippen LogP contribution in [-0.2, 0) is 4.74 Å². The number of rotatable bonds is 5. The average Bonchev–Trinajstić information content (AvgIpc) is 2.77. The molecule has 2 rings (SSSR count). The molecule has 0 aliphatic carbocycles. The summed E-state index contributed by atoms with van der Waals surface area (Å²) in [5.41, 5.74) is 0. The molecule has 2 nitrogen and oxygen atoms in total. The zero-order valence-electron chi connectivity index (χ0n) is 10.2. The highest BCUT2D eigenvalue weighted by Crippen LogP contribution is 2.28. The number of halogens is 1. The van der Waals surface area contributed by atoms with Crippen molar-refractivity contribution in [3.63, 3.8) is 0 Å². The molecule has 1 N–H and O–H groups in total. The molecular weight excluding hydrogens is 298 g/mol. The minimum Gasteiger partial charge on any atom is -0.378 e. The van der Waals surface area contributed by atoms with Gasteiger partial charge in [-0.15, -0.1) is 11.3 Å². The average molecular weight is 318 g/mol. The smallest absolute Gasteiger partial charge is 0.0587 e. The van der Waals surface area contributed by atoms with Crippen LogP contribution in [0.25, 0.3) is 0 Å². The fourth-order valence-corrected chi connectivity index (χ4v) is 3.95. The molecule has 1 aromatic rings. The Morgan fingerprint density at radius 3 is 3.12 bits per heavy atom. The molecule has 0 radical (unpaired) electrons. The first-order valence-electron chi connectivity index (χ1n) is 6.35. The standard InChI is InChI=1S/C13H20BrNOS/c1-10(13-12(14)6-9-17-13)15-7-5-11-4-2-3-8-16-11/h6,9-11,15H,2-5,7-8H2,1H3. The molecule has 0 saturated carbocycles. The maximum absolute atomic E-state index is 5.73. The first kappa shape index (κ1) is 13.5. The lowest BCUT2D eigenvalue weighted by molar-refractivity contribution is 0.0113. The maximum Gasteiger partial charge on any atom is 0.0587 e. The molecule has 2 atom stereocenters. The van der Waals surface area contributed by atoms with Crippen LogP contribution in [0, 0.1) is 0 Å². The van der Waals surface area contributed by atoms with Gasteiger partial charge in [-0.25, -0.2) is 0 Å². The Kier molecular flexibility index (Phi) is 5.48. The summed E-state index contributed by atoms with van der Waals surface area (Å²) in [6.45, 7) is 4.21. The zero-order valence-corrected chi connectivity index (χ0v) is 12.6. The molecular formula is C13H20BrNOS. The van der Waals surface area contributed by atoms with Crippen molar-refractivity contribution in [2.45, 2.75) is 44.8 Å². The Morgan fingerprint density at radius 1 is 1.59 bits per heavy atom. The van der Waals surface area contributed by atoms with E-state index in [9.17, 15) is 0 Å². The zero-order chi connectivity index (χ0) is 12.1. The highest BCUT2D eigenvalue weighted by atomic mass is 79.9. The van der Waals surface area contributed by atoms with E-state index in [4.69, 9.17) is 4.74 Å². The molecule has 1 aromatic heterocycles. The summed E-state index contributed by atoms with van der Waals surface area (Å²) in [6, 6.07) is 2.54. The number of thiophene rings is 1. The fraction of sp³-hybridized carbons (Fsp3) is 0.692. The predicted molar refractivity (Wildman–Crippen MR) is 76.6 cm³/mol. The van der Waals surface area contributed by atoms with Crippen LogP contribution in [0.4, 0.5) is 0 Å². The van der Waals surface area contributed by atoms with E-state index in [1.54, 1.807) is 11.3 Å². The molecule has 1 aliphatic heterocycles. The Morgan fingerprint density at radius 2 is 2.47 bits per heavy atom. The molecule has 4 heteroatoms. The Balaban J connectivity index is 1.69. The summed E-state index contributed by atoms with van der Waals surface area (Å²) in [6.07, 6.45) is 5.42. The highest BCUT2D eigenvalue weighted by molar-refractivity contribution is 9.10. The van der Waals surface area contributed by atoms with Gasteiger partial charge in [0.2, 0.25) is 0 Å². The van der Waals surface area contributed by atoms with Gasteiger partial charge in [-0.1, -0.05) is 0 Å². The van der Waals surface area contributed by atoms with Crippen molar-refractivity contribution in [3.8, 4) is 0 Å². The van der Waals surface area contributed by atoms with Gasteiger partial charge in [0.1, 0.15) is 0 Å². The largest absolute Gasteiger partial charge is 0.378 e. The van der Waals surface area contributed by atoms with Gasteiger partial charge in [0, 0.05) is 22.0 Å². The van der Waals surface area contributed by atoms with E-state index in [1.165, 1.54) is 28.6 Å². The first-order valence-corrected chi connectivity index (χ1v) is 8.02. The normalized spacial score (nSPS) is 22.6. The molecule has 96 valence electrons. The van der Waals surface area contributed by atoms with E-state index < -0.39 is 0 Å². The summed E-state index contributed by atoms with van der Waals surface area (Å²) < 4.78 is 6.95. The van der Waals surface area contributed by atoms with Gasteiger partial charge in [-0.05, 0) is 66.5 Å². The van der Waals surface area contributed by atoms with Gasteiger partial charge in [0.25, 0.3) is 0 Å². The van der Waals surface area contributed by atoms with Crippen molar-refractivity contribution in [2.24, 2.45) is 0 Å². The van der Waals surface area contributed by atoms with Crippen LogP contribution in [0.3, 0.4) is 0 Å². The first-order chi connectivity index (χ1) is 8.27. The van der Waals surface area contributed by atoms with Crippen LogP contribution in [0.15, 0.2) is 15.9 Å². The third-order valence-electron chi connectivity index (χ3n) is 3.23. The monoisotopic (exact) mass is 317 g/mol. The van der Waals surface area contributed by atoms with E-state index in [-0.39, 0.29) is 0 Å². The van der Waals surface area contributed by atoms with E-state index in [0.717, 1.165) is 19.6 Å². The molecule has 0 spiro atoms. The van der Waals surface area contributed by atoms with E-state index >= 15 is 0 Å². The van der Waals surface area contributed by atoms with Gasteiger partial charge >= 0.3 is 0 Å². The van der Waals surface area contributed by atoms with Crippen molar-refractivity contribution in [1.29, 1.82) is 0 Å². The summed E-state index contributed by atoms with van der Waals surface area (Å²) >= 11 is 5.38. The van der Waals surface area contributed by atoms with Gasteiger partial charge in [0.15, 0.2) is 0 Å². The van der Waals surface area contributed by atoms with Crippen LogP contribution < -0.4 is 5.32 Å². The van der Waals surface area contributed by atoms with Crippen LogP contribution in [0.5, 0.6) is 0 Å². The lowest BCUT2D eigenvalue weighted by Crippen LogP contribution is -2.26. The third-order valence-corrected chi connectivity index (χ3v) is 5.28. The summed E-state index contributed by atoms with van der Waals surface area (Å²) in [7, 11) is 0. The molecule has 0 amide bonds. The second-order valence-electron chi connectivity index (χ2n) is 4.59. The van der Waals surface area contributed by atoms with Crippen LogP contribution in [0.2, 0.25) is 0 Å². The van der Waals surface area contributed by atoms with Crippen molar-refractivity contribution in [2.75, 3.05) is 13.2 Å². The number of nitrogens with one attached hydrogen (secondary N) is 1. The molecule has 0 bridgehead atoms. The van der Waals surface area contributed by atoms with E-state index in [2.05, 4.69) is 39.6 Å². The lowest BCUT2D eigenvalue weighted by Gasteiger charge is -2.23. The van der Waals surface area contributed by atoms with Gasteiger partial charge in [-0.2, -0.15) is 0 Å². The summed E-state index contributed by atoms with van der Waals surface area (Å²) in [4.78, 5) is 1.38. The number of ether oxygens (including phenoxy) is 1. The van der Waals surface area contributed by atoms with Crippen molar-refractivity contribution in [3.05, 3.63) is 20.8 Å². The van der Waals surface area contributed by atoms with Crippen molar-refractivity contribution >= 4 is 27.3 Å². The van der Waals surface area contributed by atoms with E-state index in [1.807, 2.05) is 0 Å². The Bertz CT molecular complexity index is 336. The Hall–Kier alpha value is 0.100. The number of hydrogen-bond acceptors (Lipinski definition) is 3. The van der Waals surface area contributed by atoms with Crippen LogP contribution in [0.1, 0.15) is 43.5 Å². The topological polar surface area (TPSA) is 21.3 Å². The van der Waals surface area contributed by atoms with Crippen molar-refractivity contribution in [1.82, 2.24) is 5.32 Å². The number of hydrogen-bond donors (Lipinski definition) is 1. The Labute approximate surface area is 116 Å². The second kappa shape index (κ2) is 6.88. The van der Waals surface area contributed by atoms with Crippen molar-refractivity contribution < 1.29 is 4.74 Å². The fourth-order valence-electron chi connectivity index (χ4n) is 2.20. The predicted octanol–water partition coefficient (Wildman–Crippen LogP) is 4.12. The second-order valence-corrected chi connectivity index (χ2v) is 6.39. The SMILES string of the molecule is CC(NCCC1CCCCO1)c1sccc1Br. The molecule has 1 fully saturated rings. The van der Waals surface area contributed by atoms with Gasteiger partial charge < -0.3 is 10.1 Å². The minimum absolute atomic E-state index is 0.424. The maximum atomic E-state index is 5.73. The van der Waals surface area contributed by atoms with Crippen LogP contribution >= 0.6 is 27.3 Å². The van der Waals surface area contributed by atoms with Gasteiger partial charge in [-0.3, -0.25) is 0 Å². The molecule has 17 heavy (non-hydrogen) atoms. The molecule has 0 aromatic carbocycles.